The molecule has 0 spiro atoms. The third kappa shape index (κ3) is 12.9. The third-order valence-corrected chi connectivity index (χ3v) is 6.85. The molecule has 3 unspecified atom stereocenters. The van der Waals surface area contributed by atoms with E-state index in [-0.39, 0.29) is 43.9 Å². The molecule has 0 aromatic heterocycles. The number of carbonyl (C=O) groups excluding carboxylic acids is 8. The molecule has 3 atom stereocenters. The van der Waals surface area contributed by atoms with Crippen LogP contribution in [0.1, 0.15) is 77.0 Å². The van der Waals surface area contributed by atoms with Crippen molar-refractivity contribution >= 4 is 48.3 Å². The first-order valence-electron chi connectivity index (χ1n) is 14.4. The molecule has 1 aliphatic heterocycles. The van der Waals surface area contributed by atoms with Crippen LogP contribution in [0.2, 0.25) is 0 Å². The Balaban J connectivity index is 3.45. The molecule has 1 saturated heterocycles. The molecule has 18 nitrogen and oxygen atoms in total. The first kappa shape index (κ1) is 37.8. The van der Waals surface area contributed by atoms with E-state index in [1.807, 2.05) is 0 Å². The maximum absolute atomic E-state index is 13.8. The number of hydrazine groups is 2. The molecule has 0 aromatic carbocycles. The van der Waals surface area contributed by atoms with E-state index in [1.165, 1.54) is 36.5 Å². The average molecular weight is 629 g/mol. The topological polar surface area (TPSA) is 237 Å². The summed E-state index contributed by atoms with van der Waals surface area (Å²) in [6, 6.07) is -1.28. The first-order valence-corrected chi connectivity index (χ1v) is 14.4. The van der Waals surface area contributed by atoms with Crippen LogP contribution in [-0.4, -0.2) is 101 Å². The van der Waals surface area contributed by atoms with Gasteiger partial charge in [-0.25, -0.2) is 48.7 Å². The van der Waals surface area contributed by atoms with Crippen molar-refractivity contribution < 1.29 is 43.3 Å². The summed E-state index contributed by atoms with van der Waals surface area (Å²) in [4.78, 5) is 127. The Labute approximate surface area is 257 Å². The van der Waals surface area contributed by atoms with Gasteiger partial charge in [-0.05, 0) is 61.4 Å². The Morgan fingerprint density at radius 2 is 0.911 bits per heavy atom. The van der Waals surface area contributed by atoms with Crippen LogP contribution in [0.5, 0.6) is 0 Å². The standard InChI is InChI=1S/C27H34N9O9/c37-16-28-13-7-1-4-10-22(31-19-40)25-26(43)34(23(32-20-41)11-5-2-8-14-29-17-38)36(45)35(27(25)44)24(33-21-42)12-6-3-9-15-30-18-39/h22-25H,1-15H2/q+1. The number of carbonyl (C=O) groups is 2. The van der Waals surface area contributed by atoms with Crippen molar-refractivity contribution in [3.8, 4) is 0 Å². The number of amides is 2. The van der Waals surface area contributed by atoms with Gasteiger partial charge in [-0.3, -0.25) is 9.59 Å². The van der Waals surface area contributed by atoms with Gasteiger partial charge in [0.15, 0.2) is 5.92 Å². The summed E-state index contributed by atoms with van der Waals surface area (Å²) in [5.41, 5.74) is 0. The van der Waals surface area contributed by atoms with Gasteiger partial charge in [-0.1, -0.05) is 25.7 Å². The molecule has 0 saturated carbocycles. The molecule has 0 bridgehead atoms. The molecule has 45 heavy (non-hydrogen) atoms. The SMILES string of the molecule is O=C=NCCCCCC(N=C=O)C1C(=O)N(C(CCCCCN=C=O)N=C=O)[N+](=O)N(C(CCCCCN=C=O)N=C=O)C1=O. The van der Waals surface area contributed by atoms with Gasteiger partial charge >= 0.3 is 11.8 Å². The molecule has 1 aliphatic rings. The zero-order chi connectivity index (χ0) is 33.3. The van der Waals surface area contributed by atoms with Crippen molar-refractivity contribution in [2.24, 2.45) is 35.9 Å². The van der Waals surface area contributed by atoms with Gasteiger partial charge in [0.2, 0.25) is 48.8 Å². The normalized spacial score (nSPS) is 16.0. The second-order valence-electron chi connectivity index (χ2n) is 9.75. The zero-order valence-corrected chi connectivity index (χ0v) is 24.6. The van der Waals surface area contributed by atoms with Gasteiger partial charge in [0.25, 0.3) is 4.98 Å². The van der Waals surface area contributed by atoms with Crippen molar-refractivity contribution in [3.63, 3.8) is 0 Å². The molecule has 1 fully saturated rings. The largest absolute Gasteiger partial charge is 0.302 e. The fourth-order valence-electron chi connectivity index (χ4n) is 4.74. The lowest BCUT2D eigenvalue weighted by Gasteiger charge is -2.34. The lowest BCUT2D eigenvalue weighted by Crippen LogP contribution is -2.67. The number of unbranched alkanes of at least 4 members (excludes halogenated alkanes) is 6. The average Bonchev–Trinajstić information content (AvgIpc) is 3.02. The Hall–Kier alpha value is -5.18. The highest BCUT2D eigenvalue weighted by Gasteiger charge is 2.60. The summed E-state index contributed by atoms with van der Waals surface area (Å²) in [6.45, 7) is 0.607. The summed E-state index contributed by atoms with van der Waals surface area (Å²) in [5, 5.41) is 1.08. The van der Waals surface area contributed by atoms with Crippen LogP contribution in [0.4, 0.5) is 0 Å². The summed E-state index contributed by atoms with van der Waals surface area (Å²) in [6.07, 6.45) is 9.23. The van der Waals surface area contributed by atoms with Crippen molar-refractivity contribution in [1.29, 1.82) is 0 Å². The molecule has 0 aromatic rings. The van der Waals surface area contributed by atoms with E-state index >= 15 is 0 Å². The second-order valence-corrected chi connectivity index (χ2v) is 9.75. The number of nitroso groups, excluding NO2 is 1. The number of rotatable bonds is 24. The number of hydrogen-bond acceptors (Lipinski definition) is 15. The monoisotopic (exact) mass is 628 g/mol. The fourth-order valence-corrected chi connectivity index (χ4v) is 4.74. The van der Waals surface area contributed by atoms with E-state index in [9.17, 15) is 43.3 Å². The van der Waals surface area contributed by atoms with Crippen LogP contribution in [0, 0.1) is 10.8 Å². The minimum absolute atomic E-state index is 0.0282. The lowest BCUT2D eigenvalue weighted by atomic mass is 9.91. The zero-order valence-electron chi connectivity index (χ0n) is 24.6. The molecule has 0 N–H and O–H groups in total. The van der Waals surface area contributed by atoms with Crippen LogP contribution in [0.3, 0.4) is 0 Å². The van der Waals surface area contributed by atoms with Crippen LogP contribution in [0.15, 0.2) is 30.0 Å². The second kappa shape index (κ2) is 23.3. The molecule has 18 heteroatoms. The maximum Gasteiger partial charge on any atom is 0.302 e. The Morgan fingerprint density at radius 1 is 0.533 bits per heavy atom. The molecular weight excluding hydrogens is 594 g/mol. The molecule has 1 heterocycles. The van der Waals surface area contributed by atoms with Gasteiger partial charge in [-0.2, -0.15) is 9.98 Å². The maximum atomic E-state index is 13.8. The number of hydrogen-bond donors (Lipinski definition) is 0. The molecular formula is C27H34N9O9+. The molecule has 0 radical (unpaired) electrons. The van der Waals surface area contributed by atoms with Gasteiger partial charge in [-0.15, -0.1) is 0 Å². The van der Waals surface area contributed by atoms with Gasteiger partial charge < -0.3 is 0 Å². The van der Waals surface area contributed by atoms with E-state index in [1.54, 1.807) is 0 Å². The Kier molecular flexibility index (Phi) is 19.6. The van der Waals surface area contributed by atoms with Crippen molar-refractivity contribution in [2.75, 3.05) is 19.6 Å². The Bertz CT molecular complexity index is 1130. The van der Waals surface area contributed by atoms with Crippen LogP contribution in [0.25, 0.3) is 0 Å². The highest BCUT2D eigenvalue weighted by atomic mass is 16.4. The summed E-state index contributed by atoms with van der Waals surface area (Å²) in [5.74, 6) is -3.91. The summed E-state index contributed by atoms with van der Waals surface area (Å²) >= 11 is 0. The van der Waals surface area contributed by atoms with Gasteiger partial charge in [0, 0.05) is 0 Å². The Morgan fingerprint density at radius 3 is 1.27 bits per heavy atom. The van der Waals surface area contributed by atoms with Crippen molar-refractivity contribution in [1.82, 2.24) is 10.0 Å². The van der Waals surface area contributed by atoms with Gasteiger partial charge in [0.1, 0.15) is 0 Å². The highest BCUT2D eigenvalue weighted by molar-refractivity contribution is 6.01. The lowest BCUT2D eigenvalue weighted by molar-refractivity contribution is -0.816. The van der Waals surface area contributed by atoms with Crippen LogP contribution >= 0.6 is 0 Å². The van der Waals surface area contributed by atoms with Crippen LogP contribution in [-0.2, 0) is 38.4 Å². The molecule has 240 valence electrons. The molecule has 0 aliphatic carbocycles. The number of isocyanates is 6. The summed E-state index contributed by atoms with van der Waals surface area (Å²) in [7, 11) is 0. The minimum Gasteiger partial charge on any atom is -0.268 e. The van der Waals surface area contributed by atoms with E-state index in [4.69, 9.17) is 0 Å². The first-order chi connectivity index (χ1) is 21.9. The van der Waals surface area contributed by atoms with E-state index < -0.39 is 36.1 Å². The van der Waals surface area contributed by atoms with Crippen molar-refractivity contribution in [2.45, 2.75) is 95.4 Å². The van der Waals surface area contributed by atoms with Crippen molar-refractivity contribution in [3.05, 3.63) is 4.91 Å². The minimum atomic E-state index is -1.73. The molecule has 2 amide bonds. The predicted octanol–water partition coefficient (Wildman–Crippen LogP) is 1.60. The van der Waals surface area contributed by atoms with E-state index in [0.29, 0.717) is 67.8 Å². The number of aliphatic imine (C=N–C) groups is 6. The molecule has 1 rings (SSSR count). The summed E-state index contributed by atoms with van der Waals surface area (Å²) < 4.78 is 0. The van der Waals surface area contributed by atoms with E-state index in [0.717, 1.165) is 0 Å². The quantitative estimate of drug-likeness (QED) is 0.0495. The number of nitrogens with zero attached hydrogens (tertiary/aromatic N) is 9. The highest BCUT2D eigenvalue weighted by Crippen LogP contribution is 2.30. The van der Waals surface area contributed by atoms with E-state index in [2.05, 4.69) is 30.0 Å². The van der Waals surface area contributed by atoms with Gasteiger partial charge in [0.05, 0.1) is 30.6 Å². The fraction of sp³-hybridized carbons (Fsp3) is 0.704. The smallest absolute Gasteiger partial charge is 0.268 e. The third-order valence-electron chi connectivity index (χ3n) is 6.85. The van der Waals surface area contributed by atoms with Crippen LogP contribution < -0.4 is 0 Å². The predicted molar refractivity (Wildman–Crippen MR) is 151 cm³/mol.